The fourth-order valence-electron chi connectivity index (χ4n) is 3.33. The van der Waals surface area contributed by atoms with Crippen LogP contribution in [0.1, 0.15) is 32.6 Å². The minimum atomic E-state index is 0.291. The Labute approximate surface area is 92.6 Å². The highest BCUT2D eigenvalue weighted by Gasteiger charge is 2.42. The van der Waals surface area contributed by atoms with E-state index in [1.54, 1.807) is 0 Å². The van der Waals surface area contributed by atoms with E-state index in [2.05, 4.69) is 25.0 Å². The van der Waals surface area contributed by atoms with Gasteiger partial charge in [-0.15, -0.1) is 12.3 Å². The Morgan fingerprint density at radius 2 is 2.40 bits per heavy atom. The van der Waals surface area contributed by atoms with Gasteiger partial charge in [0, 0.05) is 12.5 Å². The van der Waals surface area contributed by atoms with Gasteiger partial charge in [0.25, 0.3) is 0 Å². The summed E-state index contributed by atoms with van der Waals surface area (Å²) in [5.41, 5.74) is 0.291. The molecule has 0 radical (unpaired) electrons. The summed E-state index contributed by atoms with van der Waals surface area (Å²) in [5.74, 6) is 4.34. The van der Waals surface area contributed by atoms with Crippen molar-refractivity contribution < 1.29 is 5.11 Å². The highest BCUT2D eigenvalue weighted by molar-refractivity contribution is 5.12. The van der Waals surface area contributed by atoms with E-state index in [9.17, 15) is 5.11 Å². The van der Waals surface area contributed by atoms with Crippen molar-refractivity contribution in [1.82, 2.24) is 0 Å². The molecule has 1 nitrogen and oxygen atoms in total. The minimum Gasteiger partial charge on any atom is -0.396 e. The van der Waals surface area contributed by atoms with Crippen LogP contribution in [0.5, 0.6) is 0 Å². The van der Waals surface area contributed by atoms with Gasteiger partial charge >= 0.3 is 0 Å². The van der Waals surface area contributed by atoms with Gasteiger partial charge in [-0.2, -0.15) is 0 Å². The summed E-state index contributed by atoms with van der Waals surface area (Å²) in [6.45, 7) is 2.63. The van der Waals surface area contributed by atoms with E-state index in [1.807, 2.05) is 0 Å². The zero-order valence-electron chi connectivity index (χ0n) is 9.45. The normalized spacial score (nSPS) is 44.5. The van der Waals surface area contributed by atoms with Gasteiger partial charge in [-0.05, 0) is 42.9 Å². The van der Waals surface area contributed by atoms with Crippen molar-refractivity contribution in [2.24, 2.45) is 23.2 Å². The molecule has 0 aromatic heterocycles. The van der Waals surface area contributed by atoms with E-state index in [0.717, 1.165) is 19.3 Å². The molecule has 0 aliphatic heterocycles. The molecular weight excluding hydrogens is 184 g/mol. The Morgan fingerprint density at radius 1 is 1.60 bits per heavy atom. The van der Waals surface area contributed by atoms with Gasteiger partial charge in [0.2, 0.25) is 0 Å². The molecule has 1 N–H and O–H groups in total. The van der Waals surface area contributed by atoms with Crippen LogP contribution in [-0.2, 0) is 0 Å². The summed E-state index contributed by atoms with van der Waals surface area (Å²) in [6, 6.07) is 0. The van der Waals surface area contributed by atoms with Crippen LogP contribution < -0.4 is 0 Å². The first-order valence-electron chi connectivity index (χ1n) is 5.94. The van der Waals surface area contributed by atoms with Crippen LogP contribution >= 0.6 is 0 Å². The minimum absolute atomic E-state index is 0.291. The zero-order chi connectivity index (χ0) is 10.9. The van der Waals surface area contributed by atoms with Crippen LogP contribution in [-0.4, -0.2) is 11.7 Å². The fourth-order valence-corrected chi connectivity index (χ4v) is 3.33. The Kier molecular flexibility index (Phi) is 2.89. The number of fused-ring (bicyclic) bond motifs is 1. The number of hydrogen-bond acceptors (Lipinski definition) is 1. The molecule has 0 aromatic carbocycles. The fraction of sp³-hybridized carbons (Fsp3) is 0.714. The summed E-state index contributed by atoms with van der Waals surface area (Å²) < 4.78 is 0. The SMILES string of the molecule is C#C[C@@H]1CC[C@]2(C)C=CC[C@H](CO)[C@H]2C1. The van der Waals surface area contributed by atoms with Crippen molar-refractivity contribution in [3.63, 3.8) is 0 Å². The molecule has 4 atom stereocenters. The second-order valence-corrected chi connectivity index (χ2v) is 5.33. The van der Waals surface area contributed by atoms with Gasteiger partial charge in [-0.1, -0.05) is 19.1 Å². The zero-order valence-corrected chi connectivity index (χ0v) is 9.45. The van der Waals surface area contributed by atoms with E-state index in [1.165, 1.54) is 6.42 Å². The number of terminal acetylenes is 1. The van der Waals surface area contributed by atoms with Gasteiger partial charge in [-0.25, -0.2) is 0 Å². The molecule has 0 unspecified atom stereocenters. The highest BCUT2D eigenvalue weighted by atomic mass is 16.3. The first-order valence-corrected chi connectivity index (χ1v) is 5.94. The van der Waals surface area contributed by atoms with Crippen molar-refractivity contribution in [3.8, 4) is 12.3 Å². The highest BCUT2D eigenvalue weighted by Crippen LogP contribution is 2.50. The lowest BCUT2D eigenvalue weighted by Crippen LogP contribution is -2.40. The van der Waals surface area contributed by atoms with E-state index in [0.29, 0.717) is 29.8 Å². The van der Waals surface area contributed by atoms with Crippen molar-refractivity contribution >= 4 is 0 Å². The lowest BCUT2D eigenvalue weighted by molar-refractivity contribution is 0.0471. The van der Waals surface area contributed by atoms with Crippen LogP contribution in [0.4, 0.5) is 0 Å². The lowest BCUT2D eigenvalue weighted by Gasteiger charge is -2.47. The number of aliphatic hydroxyl groups is 1. The largest absolute Gasteiger partial charge is 0.396 e. The van der Waals surface area contributed by atoms with Gasteiger partial charge in [-0.3, -0.25) is 0 Å². The lowest BCUT2D eigenvalue weighted by atomic mass is 9.57. The molecule has 15 heavy (non-hydrogen) atoms. The van der Waals surface area contributed by atoms with Gasteiger partial charge in [0.15, 0.2) is 0 Å². The quantitative estimate of drug-likeness (QED) is 0.514. The van der Waals surface area contributed by atoms with Gasteiger partial charge in [0.1, 0.15) is 0 Å². The molecule has 0 amide bonds. The summed E-state index contributed by atoms with van der Waals surface area (Å²) >= 11 is 0. The first kappa shape index (κ1) is 10.8. The summed E-state index contributed by atoms with van der Waals surface area (Å²) in [6.07, 6.45) is 14.6. The molecule has 2 aliphatic rings. The van der Waals surface area contributed by atoms with E-state index in [4.69, 9.17) is 6.42 Å². The topological polar surface area (TPSA) is 20.2 Å². The molecule has 1 saturated carbocycles. The predicted octanol–water partition coefficient (Wildman–Crippen LogP) is 2.61. The standard InChI is InChI=1S/C14H20O/c1-3-11-6-8-14(2)7-4-5-12(10-15)13(14)9-11/h1,4,7,11-13,15H,5-6,8-10H2,2H3/t11-,12-,13-,14+/m1/s1. The molecule has 1 fully saturated rings. The molecule has 82 valence electrons. The van der Waals surface area contributed by atoms with Crippen LogP contribution in [0.25, 0.3) is 0 Å². The van der Waals surface area contributed by atoms with E-state index >= 15 is 0 Å². The molecule has 0 aromatic rings. The Hall–Kier alpha value is -0.740. The number of allylic oxidation sites excluding steroid dienone is 2. The third kappa shape index (κ3) is 1.84. The summed E-state index contributed by atoms with van der Waals surface area (Å²) in [7, 11) is 0. The second-order valence-electron chi connectivity index (χ2n) is 5.33. The summed E-state index contributed by atoms with van der Waals surface area (Å²) in [4.78, 5) is 0. The average Bonchev–Trinajstić information content (AvgIpc) is 2.27. The van der Waals surface area contributed by atoms with E-state index in [-0.39, 0.29) is 0 Å². The average molecular weight is 204 g/mol. The first-order chi connectivity index (χ1) is 7.19. The Bertz CT molecular complexity index is 299. The maximum Gasteiger partial charge on any atom is 0.0465 e. The van der Waals surface area contributed by atoms with Crippen molar-refractivity contribution in [3.05, 3.63) is 12.2 Å². The van der Waals surface area contributed by atoms with Gasteiger partial charge < -0.3 is 5.11 Å². The van der Waals surface area contributed by atoms with Crippen LogP contribution in [0, 0.1) is 35.5 Å². The van der Waals surface area contributed by atoms with Crippen molar-refractivity contribution in [2.75, 3.05) is 6.61 Å². The monoisotopic (exact) mass is 204 g/mol. The molecule has 2 aliphatic carbocycles. The molecule has 1 heteroatoms. The number of hydrogen-bond donors (Lipinski definition) is 1. The molecule has 0 saturated heterocycles. The van der Waals surface area contributed by atoms with Crippen molar-refractivity contribution in [1.29, 1.82) is 0 Å². The maximum atomic E-state index is 9.42. The van der Waals surface area contributed by atoms with Gasteiger partial charge in [0.05, 0.1) is 0 Å². The molecule has 0 spiro atoms. The second kappa shape index (κ2) is 4.02. The molecule has 0 heterocycles. The number of rotatable bonds is 1. The van der Waals surface area contributed by atoms with Crippen LogP contribution in [0.3, 0.4) is 0 Å². The smallest absolute Gasteiger partial charge is 0.0465 e. The third-order valence-electron chi connectivity index (χ3n) is 4.39. The number of aliphatic hydroxyl groups excluding tert-OH is 1. The van der Waals surface area contributed by atoms with Crippen LogP contribution in [0.15, 0.2) is 12.2 Å². The molecular formula is C14H20O. The molecule has 2 rings (SSSR count). The summed E-state index contributed by atoms with van der Waals surface area (Å²) in [5, 5.41) is 9.42. The van der Waals surface area contributed by atoms with E-state index < -0.39 is 0 Å². The third-order valence-corrected chi connectivity index (χ3v) is 4.39. The Balaban J connectivity index is 2.20. The Morgan fingerprint density at radius 3 is 3.07 bits per heavy atom. The predicted molar refractivity (Wildman–Crippen MR) is 62.1 cm³/mol. The molecule has 0 bridgehead atoms. The van der Waals surface area contributed by atoms with Crippen LogP contribution in [0.2, 0.25) is 0 Å². The maximum absolute atomic E-state index is 9.42. The van der Waals surface area contributed by atoms with Crippen molar-refractivity contribution in [2.45, 2.75) is 32.6 Å².